The van der Waals surface area contributed by atoms with Gasteiger partial charge in [-0.2, -0.15) is 0 Å². The molecule has 1 aliphatic rings. The maximum absolute atomic E-state index is 11.8. The fourth-order valence-electron chi connectivity index (χ4n) is 1.84. The number of anilines is 1. The number of carbonyl (C=O) groups excluding carboxylic acids is 1. The zero-order valence-electron chi connectivity index (χ0n) is 10.7. The Balaban J connectivity index is 0.00000162. The molecule has 18 heavy (non-hydrogen) atoms. The van der Waals surface area contributed by atoms with Gasteiger partial charge in [0.25, 0.3) is 0 Å². The molecule has 1 amide bonds. The summed E-state index contributed by atoms with van der Waals surface area (Å²) in [5.74, 6) is 0.785. The van der Waals surface area contributed by atoms with Crippen molar-refractivity contribution in [3.8, 4) is 0 Å². The predicted octanol–water partition coefficient (Wildman–Crippen LogP) is 2.96. The van der Waals surface area contributed by atoms with E-state index >= 15 is 0 Å². The van der Waals surface area contributed by atoms with Crippen LogP contribution in [0, 0.1) is 5.92 Å². The summed E-state index contributed by atoms with van der Waals surface area (Å²) in [7, 11) is 0. The molecule has 0 bridgehead atoms. The minimum absolute atomic E-state index is 0. The van der Waals surface area contributed by atoms with Crippen LogP contribution in [0.25, 0.3) is 0 Å². The lowest BCUT2D eigenvalue weighted by molar-refractivity contribution is -0.116. The highest BCUT2D eigenvalue weighted by Crippen LogP contribution is 2.32. The number of amides is 1. The maximum Gasteiger partial charge on any atom is 0.224 e. The Bertz CT molecular complexity index is 391. The molecule has 1 aliphatic carbocycles. The number of hydrogen-bond acceptors (Lipinski definition) is 2. The van der Waals surface area contributed by atoms with Gasteiger partial charge in [0.1, 0.15) is 0 Å². The van der Waals surface area contributed by atoms with Crippen LogP contribution in [0.5, 0.6) is 0 Å². The van der Waals surface area contributed by atoms with Crippen molar-refractivity contribution >= 4 is 24.0 Å². The van der Waals surface area contributed by atoms with E-state index in [2.05, 4.69) is 23.6 Å². The Morgan fingerprint density at radius 3 is 2.72 bits per heavy atom. The number of benzene rings is 1. The van der Waals surface area contributed by atoms with E-state index in [1.54, 1.807) is 0 Å². The highest BCUT2D eigenvalue weighted by Gasteiger charge is 2.24. The van der Waals surface area contributed by atoms with Crippen molar-refractivity contribution in [2.45, 2.75) is 32.7 Å². The van der Waals surface area contributed by atoms with Crippen LogP contribution in [-0.4, -0.2) is 12.5 Å². The molecule has 0 saturated heterocycles. The van der Waals surface area contributed by atoms with Crippen LogP contribution in [-0.2, 0) is 11.3 Å². The van der Waals surface area contributed by atoms with Crippen molar-refractivity contribution in [1.82, 2.24) is 5.32 Å². The normalized spacial score (nSPS) is 13.8. The molecule has 1 fully saturated rings. The average Bonchev–Trinajstić information content (AvgIpc) is 3.11. The summed E-state index contributed by atoms with van der Waals surface area (Å²) in [4.78, 5) is 11.8. The van der Waals surface area contributed by atoms with Gasteiger partial charge in [0, 0.05) is 18.7 Å². The standard InChI is InChI=1S/C14H20N2O.ClH/c1-2-15-10-12-5-3-4-6-13(12)16-14(17)9-11-7-8-11;/h3-6,11,15H,2,7-10H2,1H3,(H,16,17);1H. The van der Waals surface area contributed by atoms with E-state index < -0.39 is 0 Å². The summed E-state index contributed by atoms with van der Waals surface area (Å²) in [6.07, 6.45) is 3.11. The van der Waals surface area contributed by atoms with Gasteiger partial charge in [-0.15, -0.1) is 12.4 Å². The molecule has 100 valence electrons. The third kappa shape index (κ3) is 4.67. The number of para-hydroxylation sites is 1. The maximum atomic E-state index is 11.8. The van der Waals surface area contributed by atoms with Crippen molar-refractivity contribution in [2.75, 3.05) is 11.9 Å². The van der Waals surface area contributed by atoms with E-state index in [1.165, 1.54) is 12.8 Å². The van der Waals surface area contributed by atoms with Crippen LogP contribution in [0.3, 0.4) is 0 Å². The monoisotopic (exact) mass is 268 g/mol. The molecular weight excluding hydrogens is 248 g/mol. The van der Waals surface area contributed by atoms with Gasteiger partial charge in [-0.3, -0.25) is 4.79 Å². The van der Waals surface area contributed by atoms with Gasteiger partial charge in [0.15, 0.2) is 0 Å². The molecule has 0 spiro atoms. The molecule has 1 saturated carbocycles. The largest absolute Gasteiger partial charge is 0.326 e. The van der Waals surface area contributed by atoms with E-state index in [1.807, 2.05) is 18.2 Å². The molecule has 1 aromatic rings. The number of halogens is 1. The Morgan fingerprint density at radius 2 is 2.06 bits per heavy atom. The van der Waals surface area contributed by atoms with Crippen LogP contribution in [0.1, 0.15) is 31.7 Å². The number of nitrogens with one attached hydrogen (secondary N) is 2. The second kappa shape index (κ2) is 7.39. The third-order valence-electron chi connectivity index (χ3n) is 3.03. The van der Waals surface area contributed by atoms with Crippen molar-refractivity contribution in [2.24, 2.45) is 5.92 Å². The minimum Gasteiger partial charge on any atom is -0.326 e. The Labute approximate surface area is 115 Å². The zero-order chi connectivity index (χ0) is 12.1. The quantitative estimate of drug-likeness (QED) is 0.833. The first-order valence-corrected chi connectivity index (χ1v) is 6.38. The van der Waals surface area contributed by atoms with Gasteiger partial charge < -0.3 is 10.6 Å². The molecule has 2 N–H and O–H groups in total. The molecule has 0 aromatic heterocycles. The fraction of sp³-hybridized carbons (Fsp3) is 0.500. The minimum atomic E-state index is 0. The summed E-state index contributed by atoms with van der Waals surface area (Å²) in [5.41, 5.74) is 2.09. The molecular formula is C14H21ClN2O. The first-order chi connectivity index (χ1) is 8.29. The van der Waals surface area contributed by atoms with Crippen molar-refractivity contribution in [3.63, 3.8) is 0 Å². The number of hydrogen-bond donors (Lipinski definition) is 2. The average molecular weight is 269 g/mol. The molecule has 0 radical (unpaired) electrons. The second-order valence-corrected chi connectivity index (χ2v) is 4.63. The SMILES string of the molecule is CCNCc1ccccc1NC(=O)CC1CC1.Cl. The second-order valence-electron chi connectivity index (χ2n) is 4.63. The Hall–Kier alpha value is -1.06. The van der Waals surface area contributed by atoms with E-state index in [-0.39, 0.29) is 18.3 Å². The number of carbonyl (C=O) groups is 1. The van der Waals surface area contributed by atoms with Gasteiger partial charge in [-0.1, -0.05) is 25.1 Å². The molecule has 0 unspecified atom stereocenters. The van der Waals surface area contributed by atoms with Crippen molar-refractivity contribution < 1.29 is 4.79 Å². The molecule has 0 heterocycles. The van der Waals surface area contributed by atoms with Gasteiger partial charge in [-0.05, 0) is 36.9 Å². The fourth-order valence-corrected chi connectivity index (χ4v) is 1.84. The van der Waals surface area contributed by atoms with E-state index in [0.29, 0.717) is 12.3 Å². The lowest BCUT2D eigenvalue weighted by atomic mass is 10.1. The van der Waals surface area contributed by atoms with Crippen molar-refractivity contribution in [1.29, 1.82) is 0 Å². The zero-order valence-corrected chi connectivity index (χ0v) is 11.6. The first kappa shape index (κ1) is 15.0. The molecule has 4 heteroatoms. The van der Waals surface area contributed by atoms with Crippen LogP contribution in [0.4, 0.5) is 5.69 Å². The Kier molecular flexibility index (Phi) is 6.16. The predicted molar refractivity (Wildman–Crippen MR) is 77.0 cm³/mol. The van der Waals surface area contributed by atoms with Gasteiger partial charge in [-0.25, -0.2) is 0 Å². The van der Waals surface area contributed by atoms with Crippen molar-refractivity contribution in [3.05, 3.63) is 29.8 Å². The highest BCUT2D eigenvalue weighted by molar-refractivity contribution is 5.91. The van der Waals surface area contributed by atoms with E-state index in [4.69, 9.17) is 0 Å². The summed E-state index contributed by atoms with van der Waals surface area (Å²) in [5, 5.41) is 6.29. The molecule has 3 nitrogen and oxygen atoms in total. The molecule has 0 atom stereocenters. The van der Waals surface area contributed by atoms with E-state index in [9.17, 15) is 4.79 Å². The van der Waals surface area contributed by atoms with Gasteiger partial charge in [0.2, 0.25) is 5.91 Å². The summed E-state index contributed by atoms with van der Waals surface area (Å²) in [6, 6.07) is 7.98. The van der Waals surface area contributed by atoms with E-state index in [0.717, 1.165) is 24.3 Å². The number of rotatable bonds is 6. The van der Waals surface area contributed by atoms with Crippen LogP contribution in [0.15, 0.2) is 24.3 Å². The first-order valence-electron chi connectivity index (χ1n) is 6.38. The lowest BCUT2D eigenvalue weighted by Gasteiger charge is -2.11. The summed E-state index contributed by atoms with van der Waals surface area (Å²) >= 11 is 0. The van der Waals surface area contributed by atoms with Crippen LogP contribution >= 0.6 is 12.4 Å². The summed E-state index contributed by atoms with van der Waals surface area (Å²) in [6.45, 7) is 3.81. The van der Waals surface area contributed by atoms with Gasteiger partial charge >= 0.3 is 0 Å². The van der Waals surface area contributed by atoms with Gasteiger partial charge in [0.05, 0.1) is 0 Å². The lowest BCUT2D eigenvalue weighted by Crippen LogP contribution is -2.17. The molecule has 0 aliphatic heterocycles. The van der Waals surface area contributed by atoms with Crippen LogP contribution in [0.2, 0.25) is 0 Å². The third-order valence-corrected chi connectivity index (χ3v) is 3.03. The molecule has 2 rings (SSSR count). The van der Waals surface area contributed by atoms with Crippen LogP contribution < -0.4 is 10.6 Å². The highest BCUT2D eigenvalue weighted by atomic mass is 35.5. The molecule has 1 aromatic carbocycles. The topological polar surface area (TPSA) is 41.1 Å². The Morgan fingerprint density at radius 1 is 1.33 bits per heavy atom. The smallest absolute Gasteiger partial charge is 0.224 e. The summed E-state index contributed by atoms with van der Waals surface area (Å²) < 4.78 is 0.